The molecule has 0 aliphatic carbocycles. The van der Waals surface area contributed by atoms with Gasteiger partial charge in [-0.25, -0.2) is 4.98 Å². The van der Waals surface area contributed by atoms with Crippen LogP contribution in [0.2, 0.25) is 5.02 Å². The quantitative estimate of drug-likeness (QED) is 0.817. The van der Waals surface area contributed by atoms with Gasteiger partial charge in [0.1, 0.15) is 10.8 Å². The Morgan fingerprint density at radius 1 is 1.28 bits per heavy atom. The number of benzene rings is 1. The van der Waals surface area contributed by atoms with Crippen molar-refractivity contribution in [2.45, 2.75) is 20.4 Å². The number of carbonyl (C=O) groups excluding carboxylic acids is 1. The third kappa shape index (κ3) is 4.14. The van der Waals surface area contributed by atoms with E-state index in [1.807, 2.05) is 11.8 Å². The molecule has 5 nitrogen and oxygen atoms in total. The van der Waals surface area contributed by atoms with Crippen LogP contribution < -0.4 is 4.74 Å². The van der Waals surface area contributed by atoms with Crippen LogP contribution in [0.1, 0.15) is 25.9 Å². The Balaban J connectivity index is 1.62. The van der Waals surface area contributed by atoms with Gasteiger partial charge in [-0.05, 0) is 32.0 Å². The fraction of sp³-hybridized carbons (Fsp3) is 0.444. The minimum absolute atomic E-state index is 0.0278. The smallest absolute Gasteiger partial charge is 0.257 e. The topological polar surface area (TPSA) is 45.7 Å². The summed E-state index contributed by atoms with van der Waals surface area (Å²) in [6.45, 7) is 8.06. The number of amides is 1. The Bertz CT molecular complexity index is 750. The Hall–Kier alpha value is -1.63. The number of thiazole rings is 1. The van der Waals surface area contributed by atoms with Crippen molar-refractivity contribution in [2.75, 3.05) is 33.3 Å². The average Bonchev–Trinajstić information content (AvgIpc) is 2.92. The Morgan fingerprint density at radius 2 is 2.00 bits per heavy atom. The largest absolute Gasteiger partial charge is 0.496 e. The standard InChI is InChI=1S/C18H22ClN3O2S/c1-12-13(2)25-17(20-12)11-21-6-8-22(9-7-21)18(23)15-10-14(19)4-5-16(15)24-3/h4-5,10H,6-9,11H2,1-3H3. The van der Waals surface area contributed by atoms with Gasteiger partial charge in [0.25, 0.3) is 5.91 Å². The van der Waals surface area contributed by atoms with Crippen LogP contribution in [0.5, 0.6) is 5.75 Å². The molecule has 7 heteroatoms. The Kier molecular flexibility index (Phi) is 5.61. The number of carbonyl (C=O) groups is 1. The minimum atomic E-state index is -0.0278. The highest BCUT2D eigenvalue weighted by Crippen LogP contribution is 2.25. The minimum Gasteiger partial charge on any atom is -0.496 e. The maximum Gasteiger partial charge on any atom is 0.257 e. The first kappa shape index (κ1) is 18.2. The van der Waals surface area contributed by atoms with E-state index in [0.29, 0.717) is 29.4 Å². The summed E-state index contributed by atoms with van der Waals surface area (Å²) in [4.78, 5) is 22.9. The molecular formula is C18H22ClN3O2S. The van der Waals surface area contributed by atoms with Gasteiger partial charge in [0.15, 0.2) is 0 Å². The van der Waals surface area contributed by atoms with E-state index < -0.39 is 0 Å². The number of rotatable bonds is 4. The molecule has 3 rings (SSSR count). The van der Waals surface area contributed by atoms with E-state index in [9.17, 15) is 4.79 Å². The van der Waals surface area contributed by atoms with Crippen LogP contribution in [0.15, 0.2) is 18.2 Å². The molecule has 1 aliphatic rings. The second kappa shape index (κ2) is 7.72. The lowest BCUT2D eigenvalue weighted by Gasteiger charge is -2.34. The number of nitrogens with zero attached hydrogens (tertiary/aromatic N) is 3. The lowest BCUT2D eigenvalue weighted by atomic mass is 10.1. The van der Waals surface area contributed by atoms with Gasteiger partial charge in [-0.1, -0.05) is 11.6 Å². The molecule has 0 atom stereocenters. The molecule has 134 valence electrons. The molecule has 1 aliphatic heterocycles. The monoisotopic (exact) mass is 379 g/mol. The fourth-order valence-electron chi connectivity index (χ4n) is 2.92. The van der Waals surface area contributed by atoms with Crippen molar-refractivity contribution in [1.29, 1.82) is 0 Å². The van der Waals surface area contributed by atoms with Crippen molar-refractivity contribution in [2.24, 2.45) is 0 Å². The zero-order valence-electron chi connectivity index (χ0n) is 14.7. The maximum absolute atomic E-state index is 12.8. The Morgan fingerprint density at radius 3 is 2.60 bits per heavy atom. The van der Waals surface area contributed by atoms with Crippen LogP contribution in [0.4, 0.5) is 0 Å². The summed E-state index contributed by atoms with van der Waals surface area (Å²) in [5.74, 6) is 0.533. The lowest BCUT2D eigenvalue weighted by molar-refractivity contribution is 0.0625. The lowest BCUT2D eigenvalue weighted by Crippen LogP contribution is -2.48. The molecular weight excluding hydrogens is 358 g/mol. The summed E-state index contributed by atoms with van der Waals surface area (Å²) >= 11 is 7.80. The summed E-state index contributed by atoms with van der Waals surface area (Å²) < 4.78 is 5.30. The van der Waals surface area contributed by atoms with Crippen LogP contribution in [0.25, 0.3) is 0 Å². The van der Waals surface area contributed by atoms with E-state index in [4.69, 9.17) is 16.3 Å². The second-order valence-corrected chi connectivity index (χ2v) is 7.89. The zero-order valence-corrected chi connectivity index (χ0v) is 16.3. The third-order valence-corrected chi connectivity index (χ3v) is 5.78. The van der Waals surface area contributed by atoms with E-state index in [-0.39, 0.29) is 5.91 Å². The number of ether oxygens (including phenoxy) is 1. The molecule has 1 amide bonds. The summed E-state index contributed by atoms with van der Waals surface area (Å²) in [7, 11) is 1.57. The fourth-order valence-corrected chi connectivity index (χ4v) is 4.07. The van der Waals surface area contributed by atoms with Crippen LogP contribution >= 0.6 is 22.9 Å². The van der Waals surface area contributed by atoms with Crippen LogP contribution in [0, 0.1) is 13.8 Å². The molecule has 2 heterocycles. The number of hydrogen-bond acceptors (Lipinski definition) is 5. The number of methoxy groups -OCH3 is 1. The molecule has 1 aromatic heterocycles. The summed E-state index contributed by atoms with van der Waals surface area (Å²) in [5.41, 5.74) is 1.64. The van der Waals surface area contributed by atoms with Crippen LogP contribution in [-0.2, 0) is 6.54 Å². The summed E-state index contributed by atoms with van der Waals surface area (Å²) in [5, 5.41) is 1.68. The van der Waals surface area contributed by atoms with Crippen molar-refractivity contribution < 1.29 is 9.53 Å². The van der Waals surface area contributed by atoms with Crippen molar-refractivity contribution in [3.63, 3.8) is 0 Å². The molecule has 2 aromatic rings. The number of aromatic nitrogens is 1. The molecule has 0 saturated carbocycles. The van der Waals surface area contributed by atoms with Crippen molar-refractivity contribution >= 4 is 28.8 Å². The van der Waals surface area contributed by atoms with Gasteiger partial charge in [0, 0.05) is 36.1 Å². The van der Waals surface area contributed by atoms with Gasteiger partial charge in [0.05, 0.1) is 24.9 Å². The second-order valence-electron chi connectivity index (χ2n) is 6.16. The SMILES string of the molecule is COc1ccc(Cl)cc1C(=O)N1CCN(Cc2nc(C)c(C)s2)CC1. The Labute approximate surface area is 157 Å². The highest BCUT2D eigenvalue weighted by molar-refractivity contribution is 7.11. The van der Waals surface area contributed by atoms with E-state index in [1.54, 1.807) is 36.6 Å². The van der Waals surface area contributed by atoms with Gasteiger partial charge < -0.3 is 9.64 Å². The molecule has 0 spiro atoms. The van der Waals surface area contributed by atoms with E-state index in [0.717, 1.165) is 30.3 Å². The van der Waals surface area contributed by atoms with Gasteiger partial charge >= 0.3 is 0 Å². The zero-order chi connectivity index (χ0) is 18.0. The number of halogens is 1. The van der Waals surface area contributed by atoms with E-state index >= 15 is 0 Å². The predicted octanol–water partition coefficient (Wildman–Crippen LogP) is 3.38. The average molecular weight is 380 g/mol. The molecule has 0 radical (unpaired) electrons. The third-order valence-electron chi connectivity index (χ3n) is 4.48. The molecule has 1 saturated heterocycles. The molecule has 0 N–H and O–H groups in total. The van der Waals surface area contributed by atoms with Crippen LogP contribution in [0.3, 0.4) is 0 Å². The summed E-state index contributed by atoms with van der Waals surface area (Å²) in [6.07, 6.45) is 0. The predicted molar refractivity (Wildman–Crippen MR) is 101 cm³/mol. The van der Waals surface area contributed by atoms with E-state index in [1.165, 1.54) is 4.88 Å². The molecule has 1 aromatic carbocycles. The van der Waals surface area contributed by atoms with Crippen molar-refractivity contribution in [1.82, 2.24) is 14.8 Å². The highest BCUT2D eigenvalue weighted by Gasteiger charge is 2.25. The molecule has 0 unspecified atom stereocenters. The van der Waals surface area contributed by atoms with Gasteiger partial charge in [-0.15, -0.1) is 11.3 Å². The molecule has 25 heavy (non-hydrogen) atoms. The maximum atomic E-state index is 12.8. The first-order valence-corrected chi connectivity index (χ1v) is 9.45. The first-order chi connectivity index (χ1) is 12.0. The summed E-state index contributed by atoms with van der Waals surface area (Å²) in [6, 6.07) is 5.14. The normalized spacial score (nSPS) is 15.4. The van der Waals surface area contributed by atoms with Gasteiger partial charge in [-0.3, -0.25) is 9.69 Å². The van der Waals surface area contributed by atoms with Crippen LogP contribution in [-0.4, -0.2) is 54.0 Å². The van der Waals surface area contributed by atoms with E-state index in [2.05, 4.69) is 16.8 Å². The first-order valence-electron chi connectivity index (χ1n) is 8.26. The van der Waals surface area contributed by atoms with Crippen molar-refractivity contribution in [3.8, 4) is 5.75 Å². The molecule has 1 fully saturated rings. The number of aryl methyl sites for hydroxylation is 2. The van der Waals surface area contributed by atoms with Crippen molar-refractivity contribution in [3.05, 3.63) is 44.4 Å². The van der Waals surface area contributed by atoms with Gasteiger partial charge in [0.2, 0.25) is 0 Å². The van der Waals surface area contributed by atoms with Gasteiger partial charge in [-0.2, -0.15) is 0 Å². The molecule has 0 bridgehead atoms. The number of piperazine rings is 1. The number of hydrogen-bond donors (Lipinski definition) is 0. The highest BCUT2D eigenvalue weighted by atomic mass is 35.5.